The van der Waals surface area contributed by atoms with Gasteiger partial charge in [0.2, 0.25) is 5.95 Å². The van der Waals surface area contributed by atoms with E-state index >= 15 is 0 Å². The second kappa shape index (κ2) is 7.39. The predicted octanol–water partition coefficient (Wildman–Crippen LogP) is 5.33. The van der Waals surface area contributed by atoms with Crippen molar-refractivity contribution in [2.45, 2.75) is 13.0 Å². The maximum absolute atomic E-state index is 13.7. The number of halogens is 3. The minimum absolute atomic E-state index is 0.0721. The largest absolute Gasteiger partial charge is 0.486 e. The number of aromatic amines is 1. The summed E-state index contributed by atoms with van der Waals surface area (Å²) >= 11 is 12.1. The van der Waals surface area contributed by atoms with E-state index in [-0.39, 0.29) is 11.0 Å². The summed E-state index contributed by atoms with van der Waals surface area (Å²) in [4.78, 5) is 18.4. The normalized spacial score (nSPS) is 12.0. The molecule has 1 unspecified atom stereocenters. The predicted molar refractivity (Wildman–Crippen MR) is 97.6 cm³/mol. The number of aromatic nitrogens is 2. The van der Waals surface area contributed by atoms with Gasteiger partial charge in [-0.3, -0.25) is 5.32 Å². The zero-order valence-corrected chi connectivity index (χ0v) is 15.3. The lowest BCUT2D eigenvalue weighted by atomic mass is 10.1. The fraction of sp³-hybridized carbons (Fsp3) is 0.176. The number of imidazole rings is 1. The van der Waals surface area contributed by atoms with E-state index in [1.54, 1.807) is 25.1 Å². The number of fused-ring (bicyclic) bond motifs is 1. The highest BCUT2D eigenvalue weighted by atomic mass is 35.5. The summed E-state index contributed by atoms with van der Waals surface area (Å²) in [5.74, 6) is 0.173. The third kappa shape index (κ3) is 3.68. The smallest absolute Gasteiger partial charge is 0.413 e. The monoisotopic (exact) mass is 397 g/mol. The van der Waals surface area contributed by atoms with Gasteiger partial charge in [0.05, 0.1) is 23.2 Å². The fourth-order valence-corrected chi connectivity index (χ4v) is 3.13. The van der Waals surface area contributed by atoms with E-state index in [0.717, 1.165) is 0 Å². The molecule has 3 aromatic rings. The molecule has 1 aromatic heterocycles. The van der Waals surface area contributed by atoms with Gasteiger partial charge >= 0.3 is 6.09 Å². The summed E-state index contributed by atoms with van der Waals surface area (Å²) in [5, 5.41) is 2.69. The number of hydrogen-bond acceptors (Lipinski definition) is 4. The number of benzene rings is 2. The van der Waals surface area contributed by atoms with Gasteiger partial charge in [-0.1, -0.05) is 23.2 Å². The molecule has 136 valence electrons. The van der Waals surface area contributed by atoms with Crippen molar-refractivity contribution in [1.82, 2.24) is 9.97 Å². The topological polar surface area (TPSA) is 76.2 Å². The third-order valence-corrected chi connectivity index (χ3v) is 4.37. The Hall–Kier alpha value is -2.51. The van der Waals surface area contributed by atoms with Gasteiger partial charge in [-0.25, -0.2) is 14.2 Å². The molecule has 1 heterocycles. The van der Waals surface area contributed by atoms with E-state index < -0.39 is 18.0 Å². The Balaban J connectivity index is 1.85. The van der Waals surface area contributed by atoms with Gasteiger partial charge in [-0.05, 0) is 31.2 Å². The van der Waals surface area contributed by atoms with Crippen molar-refractivity contribution in [3.8, 4) is 5.75 Å². The lowest BCUT2D eigenvalue weighted by Crippen LogP contribution is -2.11. The number of nitrogens with zero attached hydrogens (tertiary/aromatic N) is 1. The van der Waals surface area contributed by atoms with E-state index in [1.807, 2.05) is 0 Å². The van der Waals surface area contributed by atoms with Gasteiger partial charge in [0, 0.05) is 16.7 Å². The number of H-pyrrole nitrogens is 1. The lowest BCUT2D eigenvalue weighted by molar-refractivity contribution is 0.186. The molecule has 0 saturated carbocycles. The Labute approximate surface area is 158 Å². The van der Waals surface area contributed by atoms with Crippen LogP contribution < -0.4 is 10.1 Å². The summed E-state index contributed by atoms with van der Waals surface area (Å²) in [5.41, 5.74) is 1.63. The number of ether oxygens (including phenoxy) is 2. The Morgan fingerprint density at radius 1 is 1.31 bits per heavy atom. The molecule has 0 aliphatic rings. The molecule has 2 aromatic carbocycles. The number of rotatable bonds is 4. The molecule has 26 heavy (non-hydrogen) atoms. The highest BCUT2D eigenvalue weighted by Gasteiger charge is 2.19. The van der Waals surface area contributed by atoms with Crippen LogP contribution in [0.3, 0.4) is 0 Å². The van der Waals surface area contributed by atoms with Crippen LogP contribution in [-0.2, 0) is 4.74 Å². The minimum atomic E-state index is -0.635. The molecule has 6 nitrogen and oxygen atoms in total. The standard InChI is InChI=1S/C17H14Cl2FN3O3/c1-8(14-10(18)4-5-11(20)15(14)19)26-9-3-6-12-13(7-9)22-16(21-12)23-17(24)25-2/h3-8H,1-2H3,(H2,21,22,23,24). The van der Waals surface area contributed by atoms with Gasteiger partial charge in [-0.2, -0.15) is 0 Å². The summed E-state index contributed by atoms with van der Waals surface area (Å²) in [6.45, 7) is 1.72. The number of hydrogen-bond donors (Lipinski definition) is 2. The fourth-order valence-electron chi connectivity index (χ4n) is 2.45. The molecule has 0 fully saturated rings. The molecule has 0 aliphatic heterocycles. The Kier molecular flexibility index (Phi) is 5.20. The van der Waals surface area contributed by atoms with Gasteiger partial charge < -0.3 is 14.5 Å². The van der Waals surface area contributed by atoms with Crippen molar-refractivity contribution < 1.29 is 18.7 Å². The van der Waals surface area contributed by atoms with Crippen LogP contribution in [0.2, 0.25) is 10.0 Å². The van der Waals surface area contributed by atoms with E-state index in [1.165, 1.54) is 19.2 Å². The van der Waals surface area contributed by atoms with Crippen LogP contribution in [0, 0.1) is 5.82 Å². The Morgan fingerprint density at radius 2 is 2.08 bits per heavy atom. The average Bonchev–Trinajstić information content (AvgIpc) is 2.99. The molecule has 0 saturated heterocycles. The highest BCUT2D eigenvalue weighted by molar-refractivity contribution is 6.36. The SMILES string of the molecule is COC(=O)Nc1nc2ccc(OC(C)c3c(Cl)ccc(F)c3Cl)cc2[nH]1. The van der Waals surface area contributed by atoms with Crippen LogP contribution in [0.5, 0.6) is 5.75 Å². The van der Waals surface area contributed by atoms with Gasteiger partial charge in [0.15, 0.2) is 0 Å². The van der Waals surface area contributed by atoms with Crippen LogP contribution in [0.25, 0.3) is 11.0 Å². The molecule has 9 heteroatoms. The third-order valence-electron chi connectivity index (χ3n) is 3.66. The molecule has 0 aliphatic carbocycles. The molecular formula is C17H14Cl2FN3O3. The van der Waals surface area contributed by atoms with Crippen molar-refractivity contribution >= 4 is 46.3 Å². The van der Waals surface area contributed by atoms with Crippen molar-refractivity contribution in [3.63, 3.8) is 0 Å². The van der Waals surface area contributed by atoms with Crippen molar-refractivity contribution in [2.24, 2.45) is 0 Å². The summed E-state index contributed by atoms with van der Waals surface area (Å²) in [6.07, 6.45) is -1.22. The number of amides is 1. The Morgan fingerprint density at radius 3 is 2.81 bits per heavy atom. The van der Waals surface area contributed by atoms with Crippen LogP contribution >= 0.6 is 23.2 Å². The van der Waals surface area contributed by atoms with E-state index in [4.69, 9.17) is 27.9 Å². The number of methoxy groups -OCH3 is 1. The molecule has 0 radical (unpaired) electrons. The van der Waals surface area contributed by atoms with Crippen molar-refractivity contribution in [2.75, 3.05) is 12.4 Å². The lowest BCUT2D eigenvalue weighted by Gasteiger charge is -2.18. The van der Waals surface area contributed by atoms with E-state index in [9.17, 15) is 9.18 Å². The first-order chi connectivity index (χ1) is 12.4. The number of carbonyl (C=O) groups excluding carboxylic acids is 1. The average molecular weight is 398 g/mol. The first kappa shape index (κ1) is 18.3. The number of nitrogens with one attached hydrogen (secondary N) is 2. The summed E-state index contributed by atoms with van der Waals surface area (Å²) in [7, 11) is 1.26. The highest BCUT2D eigenvalue weighted by Crippen LogP contribution is 2.35. The second-order valence-electron chi connectivity index (χ2n) is 5.40. The summed E-state index contributed by atoms with van der Waals surface area (Å²) in [6, 6.07) is 7.74. The van der Waals surface area contributed by atoms with Crippen LogP contribution in [0.15, 0.2) is 30.3 Å². The summed E-state index contributed by atoms with van der Waals surface area (Å²) < 4.78 is 24.1. The molecule has 3 rings (SSSR count). The van der Waals surface area contributed by atoms with Crippen LogP contribution in [-0.4, -0.2) is 23.2 Å². The van der Waals surface area contributed by atoms with E-state index in [0.29, 0.717) is 27.4 Å². The van der Waals surface area contributed by atoms with Crippen LogP contribution in [0.1, 0.15) is 18.6 Å². The van der Waals surface area contributed by atoms with Gasteiger partial charge in [-0.15, -0.1) is 0 Å². The zero-order valence-electron chi connectivity index (χ0n) is 13.8. The Bertz CT molecular complexity index is 977. The zero-order chi connectivity index (χ0) is 18.8. The minimum Gasteiger partial charge on any atom is -0.486 e. The van der Waals surface area contributed by atoms with Gasteiger partial charge in [0.25, 0.3) is 0 Å². The second-order valence-corrected chi connectivity index (χ2v) is 6.18. The van der Waals surface area contributed by atoms with Crippen molar-refractivity contribution in [3.05, 3.63) is 51.8 Å². The maximum atomic E-state index is 13.7. The first-order valence-corrected chi connectivity index (χ1v) is 8.29. The van der Waals surface area contributed by atoms with Crippen LogP contribution in [0.4, 0.5) is 15.1 Å². The molecule has 1 amide bonds. The number of anilines is 1. The molecule has 0 spiro atoms. The quantitative estimate of drug-likeness (QED) is 0.583. The van der Waals surface area contributed by atoms with E-state index in [2.05, 4.69) is 20.0 Å². The van der Waals surface area contributed by atoms with Gasteiger partial charge in [0.1, 0.15) is 17.7 Å². The maximum Gasteiger partial charge on any atom is 0.413 e. The molecule has 1 atom stereocenters. The molecule has 2 N–H and O–H groups in total. The molecular weight excluding hydrogens is 384 g/mol. The number of carbonyl (C=O) groups is 1. The molecule has 0 bridgehead atoms. The van der Waals surface area contributed by atoms with Crippen molar-refractivity contribution in [1.29, 1.82) is 0 Å². The first-order valence-electron chi connectivity index (χ1n) is 7.54.